The largest absolute Gasteiger partial charge is 0.341 e. The smallest absolute Gasteiger partial charge is 0.226 e. The van der Waals surface area contributed by atoms with Gasteiger partial charge in [-0.1, -0.05) is 24.5 Å². The lowest BCUT2D eigenvalue weighted by Crippen LogP contribution is -2.45. The van der Waals surface area contributed by atoms with Crippen molar-refractivity contribution in [3.8, 4) is 0 Å². The lowest BCUT2D eigenvalue weighted by molar-refractivity contribution is -0.139. The molecule has 1 saturated carbocycles. The van der Waals surface area contributed by atoms with E-state index in [1.807, 2.05) is 0 Å². The number of amides is 1. The molecule has 0 radical (unpaired) electrons. The first kappa shape index (κ1) is 14.6. The van der Waals surface area contributed by atoms with Crippen LogP contribution in [0.25, 0.3) is 10.9 Å². The van der Waals surface area contributed by atoms with Crippen LogP contribution in [0, 0.1) is 12.8 Å². The summed E-state index contributed by atoms with van der Waals surface area (Å²) < 4.78 is 2.52. The van der Waals surface area contributed by atoms with E-state index in [-0.39, 0.29) is 0 Å². The van der Waals surface area contributed by atoms with Crippen molar-refractivity contribution >= 4 is 16.8 Å². The van der Waals surface area contributed by atoms with E-state index in [0.717, 1.165) is 32.4 Å². The van der Waals surface area contributed by atoms with E-state index in [9.17, 15) is 4.79 Å². The molecule has 0 bridgehead atoms. The van der Waals surface area contributed by atoms with Crippen LogP contribution in [0.3, 0.4) is 0 Å². The van der Waals surface area contributed by atoms with Crippen LogP contribution in [-0.2, 0) is 17.8 Å². The van der Waals surface area contributed by atoms with E-state index in [0.29, 0.717) is 17.9 Å². The van der Waals surface area contributed by atoms with Crippen LogP contribution in [0.5, 0.6) is 0 Å². The SMILES string of the molecule is Cc1ccc2c(c1)c1c3n2CCN(C(=O)C2CCCC2)[C@@H]3CCC1. The monoisotopic (exact) mass is 322 g/mol. The maximum Gasteiger partial charge on any atom is 0.226 e. The predicted octanol–water partition coefficient (Wildman–Crippen LogP) is 4.36. The Morgan fingerprint density at radius 3 is 2.75 bits per heavy atom. The fourth-order valence-electron chi connectivity index (χ4n) is 5.39. The van der Waals surface area contributed by atoms with Crippen LogP contribution in [-0.4, -0.2) is 21.9 Å². The Hall–Kier alpha value is -1.77. The van der Waals surface area contributed by atoms with Gasteiger partial charge in [0.1, 0.15) is 0 Å². The summed E-state index contributed by atoms with van der Waals surface area (Å²) in [5.74, 6) is 0.742. The molecule has 5 rings (SSSR count). The van der Waals surface area contributed by atoms with Crippen molar-refractivity contribution in [3.05, 3.63) is 35.0 Å². The highest BCUT2D eigenvalue weighted by atomic mass is 16.2. The summed E-state index contributed by atoms with van der Waals surface area (Å²) in [6.07, 6.45) is 8.21. The summed E-state index contributed by atoms with van der Waals surface area (Å²) in [6, 6.07) is 7.18. The number of hydrogen-bond donors (Lipinski definition) is 0. The molecule has 1 amide bonds. The van der Waals surface area contributed by atoms with E-state index in [1.165, 1.54) is 53.4 Å². The van der Waals surface area contributed by atoms with Crippen molar-refractivity contribution in [3.63, 3.8) is 0 Å². The summed E-state index contributed by atoms with van der Waals surface area (Å²) in [6.45, 7) is 4.03. The number of benzene rings is 1. The highest BCUT2D eigenvalue weighted by Crippen LogP contribution is 2.43. The quantitative estimate of drug-likeness (QED) is 0.766. The number of aryl methyl sites for hydroxylation is 2. The minimum Gasteiger partial charge on any atom is -0.341 e. The first-order chi connectivity index (χ1) is 11.7. The normalized spacial score (nSPS) is 23.7. The molecule has 1 aromatic heterocycles. The molecule has 2 aliphatic carbocycles. The highest BCUT2D eigenvalue weighted by Gasteiger charge is 2.39. The van der Waals surface area contributed by atoms with Crippen molar-refractivity contribution in [2.75, 3.05) is 6.54 Å². The van der Waals surface area contributed by atoms with Crippen LogP contribution >= 0.6 is 0 Å². The summed E-state index contributed by atoms with van der Waals surface area (Å²) >= 11 is 0. The van der Waals surface area contributed by atoms with Gasteiger partial charge in [-0.15, -0.1) is 0 Å². The summed E-state index contributed by atoms with van der Waals surface area (Å²) in [4.78, 5) is 15.4. The molecule has 126 valence electrons. The van der Waals surface area contributed by atoms with E-state index in [4.69, 9.17) is 0 Å². The average molecular weight is 322 g/mol. The maximum absolute atomic E-state index is 13.1. The molecule has 2 heterocycles. The molecule has 0 unspecified atom stereocenters. The van der Waals surface area contributed by atoms with Crippen molar-refractivity contribution in [2.24, 2.45) is 5.92 Å². The average Bonchev–Trinajstić information content (AvgIpc) is 3.23. The third-order valence-electron chi connectivity index (χ3n) is 6.52. The highest BCUT2D eigenvalue weighted by molar-refractivity contribution is 5.88. The summed E-state index contributed by atoms with van der Waals surface area (Å²) in [5.41, 5.74) is 5.70. The Morgan fingerprint density at radius 1 is 1.08 bits per heavy atom. The Labute approximate surface area is 143 Å². The molecule has 3 nitrogen and oxygen atoms in total. The third kappa shape index (κ3) is 2.00. The number of fused-ring (bicyclic) bond motifs is 3. The first-order valence-electron chi connectivity index (χ1n) is 9.66. The molecule has 24 heavy (non-hydrogen) atoms. The number of rotatable bonds is 1. The van der Waals surface area contributed by atoms with Crippen molar-refractivity contribution in [1.82, 2.24) is 9.47 Å². The molecule has 0 spiro atoms. The van der Waals surface area contributed by atoms with Gasteiger partial charge in [-0.25, -0.2) is 0 Å². The first-order valence-corrected chi connectivity index (χ1v) is 9.66. The van der Waals surface area contributed by atoms with Gasteiger partial charge in [0, 0.05) is 35.6 Å². The Balaban J connectivity index is 1.61. The van der Waals surface area contributed by atoms with Crippen LogP contribution in [0.1, 0.15) is 61.4 Å². The van der Waals surface area contributed by atoms with Crippen molar-refractivity contribution < 1.29 is 4.79 Å². The second-order valence-corrected chi connectivity index (χ2v) is 7.96. The zero-order chi connectivity index (χ0) is 16.3. The van der Waals surface area contributed by atoms with Gasteiger partial charge in [-0.05, 0) is 56.7 Å². The van der Waals surface area contributed by atoms with E-state index < -0.39 is 0 Å². The van der Waals surface area contributed by atoms with Gasteiger partial charge >= 0.3 is 0 Å². The number of carbonyl (C=O) groups excluding carboxylic acids is 1. The standard InChI is InChI=1S/C21H26N2O/c1-14-9-10-18-17(13-14)16-7-4-8-19-20(16)22(18)11-12-23(19)21(24)15-5-2-3-6-15/h9-10,13,15,19H,2-8,11-12H2,1H3/t19-/m1/s1. The van der Waals surface area contributed by atoms with Crippen LogP contribution in [0.4, 0.5) is 0 Å². The van der Waals surface area contributed by atoms with Crippen molar-refractivity contribution in [2.45, 2.75) is 64.5 Å². The van der Waals surface area contributed by atoms with E-state index >= 15 is 0 Å². The molecule has 1 aliphatic heterocycles. The van der Waals surface area contributed by atoms with Gasteiger partial charge < -0.3 is 9.47 Å². The van der Waals surface area contributed by atoms with Gasteiger partial charge in [0.05, 0.1) is 6.04 Å². The molecule has 0 saturated heterocycles. The summed E-state index contributed by atoms with van der Waals surface area (Å²) in [5, 5.41) is 1.44. The summed E-state index contributed by atoms with van der Waals surface area (Å²) in [7, 11) is 0. The van der Waals surface area contributed by atoms with Crippen LogP contribution in [0.15, 0.2) is 18.2 Å². The molecule has 0 N–H and O–H groups in total. The number of carbonyl (C=O) groups is 1. The number of nitrogens with zero attached hydrogens (tertiary/aromatic N) is 2. The van der Waals surface area contributed by atoms with Gasteiger partial charge in [-0.3, -0.25) is 4.79 Å². The topological polar surface area (TPSA) is 25.2 Å². The predicted molar refractivity (Wildman–Crippen MR) is 96.0 cm³/mol. The zero-order valence-electron chi connectivity index (χ0n) is 14.6. The van der Waals surface area contributed by atoms with Gasteiger partial charge in [0.15, 0.2) is 0 Å². The van der Waals surface area contributed by atoms with Gasteiger partial charge in [0.2, 0.25) is 5.91 Å². The van der Waals surface area contributed by atoms with Gasteiger partial charge in [-0.2, -0.15) is 0 Å². The van der Waals surface area contributed by atoms with E-state index in [1.54, 1.807) is 0 Å². The lowest BCUT2D eigenvalue weighted by Gasteiger charge is -2.41. The van der Waals surface area contributed by atoms with E-state index in [2.05, 4.69) is 34.6 Å². The molecular formula is C21H26N2O. The van der Waals surface area contributed by atoms with Crippen molar-refractivity contribution in [1.29, 1.82) is 0 Å². The fraction of sp³-hybridized carbons (Fsp3) is 0.571. The fourth-order valence-corrected chi connectivity index (χ4v) is 5.39. The molecular weight excluding hydrogens is 296 g/mol. The maximum atomic E-state index is 13.1. The molecule has 2 aromatic rings. The Kier molecular flexibility index (Phi) is 3.26. The Morgan fingerprint density at radius 2 is 1.92 bits per heavy atom. The Bertz CT molecular complexity index is 813. The molecule has 3 aliphatic rings. The van der Waals surface area contributed by atoms with Gasteiger partial charge in [0.25, 0.3) is 0 Å². The second kappa shape index (κ2) is 5.37. The number of hydrogen-bond acceptors (Lipinski definition) is 1. The van der Waals surface area contributed by atoms with Crippen LogP contribution in [0.2, 0.25) is 0 Å². The molecule has 1 fully saturated rings. The third-order valence-corrected chi connectivity index (χ3v) is 6.52. The van der Waals surface area contributed by atoms with Crippen LogP contribution < -0.4 is 0 Å². The molecule has 1 atom stereocenters. The minimum absolute atomic E-state index is 0.300. The molecule has 1 aromatic carbocycles. The second-order valence-electron chi connectivity index (χ2n) is 7.96. The molecule has 3 heteroatoms. The minimum atomic E-state index is 0.300. The lowest BCUT2D eigenvalue weighted by atomic mass is 9.88. The number of aromatic nitrogens is 1. The zero-order valence-corrected chi connectivity index (χ0v) is 14.6.